The summed E-state index contributed by atoms with van der Waals surface area (Å²) in [5, 5.41) is 17.1. The van der Waals surface area contributed by atoms with Gasteiger partial charge in [0.25, 0.3) is 11.8 Å². The molecular formula is C32H39F2N3O4. The fourth-order valence-electron chi connectivity index (χ4n) is 4.36. The largest absolute Gasteiger partial charge is 0.390 e. The molecule has 7 nitrogen and oxygen atoms in total. The molecule has 3 rings (SSSR count). The second-order valence-electron chi connectivity index (χ2n) is 10.7. The van der Waals surface area contributed by atoms with Crippen molar-refractivity contribution in [2.24, 2.45) is 5.92 Å². The molecule has 0 spiro atoms. The molecule has 9 heteroatoms. The molecule has 41 heavy (non-hydrogen) atoms. The zero-order chi connectivity index (χ0) is 29.9. The number of carbonyl (C=O) groups is 2. The van der Waals surface area contributed by atoms with Crippen molar-refractivity contribution in [3.8, 4) is 0 Å². The van der Waals surface area contributed by atoms with Crippen LogP contribution in [0.3, 0.4) is 0 Å². The Kier molecular flexibility index (Phi) is 11.9. The molecule has 0 aliphatic carbocycles. The molecule has 0 bridgehead atoms. The molecule has 3 aromatic carbocycles. The van der Waals surface area contributed by atoms with Crippen molar-refractivity contribution in [3.05, 3.63) is 106 Å². The van der Waals surface area contributed by atoms with Crippen LogP contribution in [0.25, 0.3) is 0 Å². The summed E-state index contributed by atoms with van der Waals surface area (Å²) >= 11 is 0. The molecule has 0 heterocycles. The van der Waals surface area contributed by atoms with Gasteiger partial charge in [-0.2, -0.15) is 0 Å². The molecule has 0 aromatic heterocycles. The van der Waals surface area contributed by atoms with Crippen LogP contribution in [0, 0.1) is 24.5 Å². The molecule has 0 saturated carbocycles. The molecule has 0 aliphatic rings. The number of carbonyl (C=O) groups excluding carboxylic acids is 2. The van der Waals surface area contributed by atoms with Crippen LogP contribution in [-0.2, 0) is 24.2 Å². The molecular weight excluding hydrogens is 528 g/mol. The van der Waals surface area contributed by atoms with Gasteiger partial charge in [-0.25, -0.2) is 14.3 Å². The van der Waals surface area contributed by atoms with Crippen molar-refractivity contribution in [1.29, 1.82) is 0 Å². The second kappa shape index (κ2) is 15.4. The number of amides is 2. The third-order valence-electron chi connectivity index (χ3n) is 6.42. The van der Waals surface area contributed by atoms with Gasteiger partial charge in [-0.15, -0.1) is 0 Å². The minimum atomic E-state index is -1.09. The van der Waals surface area contributed by atoms with Gasteiger partial charge in [0.15, 0.2) is 0 Å². The zero-order valence-corrected chi connectivity index (χ0v) is 24.0. The monoisotopic (exact) mass is 567 g/mol. The first-order chi connectivity index (χ1) is 19.5. The minimum Gasteiger partial charge on any atom is -0.390 e. The SMILES string of the molecule is CCc1cccc(CNC[C@@H](O)[C@H](Cc2cc(F)cc(F)c2)NC(=O)c2cc(C)cc(C(=O)NOCC(C)C)c2)c1. The lowest BCUT2D eigenvalue weighted by molar-refractivity contribution is 0.0208. The standard InChI is InChI=1S/C32H39F2N3O4/c1-5-22-7-6-8-23(11-22)17-35-18-30(38)29(14-24-12-27(33)16-28(34)13-24)36-31(39)25-9-21(4)10-26(15-25)32(40)37-41-19-20(2)3/h6-13,15-16,20,29-30,35,38H,5,14,17-19H2,1-4H3,(H,36,39)(H,37,40)/t29-,30+/m0/s1. The van der Waals surface area contributed by atoms with Crippen LogP contribution in [0.15, 0.2) is 60.7 Å². The third kappa shape index (κ3) is 10.4. The summed E-state index contributed by atoms with van der Waals surface area (Å²) in [4.78, 5) is 31.1. The van der Waals surface area contributed by atoms with E-state index in [4.69, 9.17) is 4.84 Å². The molecule has 3 aromatic rings. The Bertz CT molecular complexity index is 1310. The van der Waals surface area contributed by atoms with E-state index in [0.29, 0.717) is 18.7 Å². The first-order valence-electron chi connectivity index (χ1n) is 13.8. The molecule has 2 atom stereocenters. The van der Waals surface area contributed by atoms with E-state index in [1.54, 1.807) is 19.1 Å². The predicted molar refractivity (Wildman–Crippen MR) is 154 cm³/mol. The van der Waals surface area contributed by atoms with Crippen LogP contribution >= 0.6 is 0 Å². The van der Waals surface area contributed by atoms with Crippen molar-refractivity contribution < 1.29 is 28.3 Å². The quantitative estimate of drug-likeness (QED) is 0.213. The van der Waals surface area contributed by atoms with Crippen LogP contribution in [0.2, 0.25) is 0 Å². The van der Waals surface area contributed by atoms with Crippen LogP contribution < -0.4 is 16.1 Å². The third-order valence-corrected chi connectivity index (χ3v) is 6.42. The Hall–Kier alpha value is -3.66. The number of aryl methyl sites for hydroxylation is 2. The number of nitrogens with one attached hydrogen (secondary N) is 3. The maximum Gasteiger partial charge on any atom is 0.274 e. The number of aliphatic hydroxyl groups excluding tert-OH is 1. The van der Waals surface area contributed by atoms with Crippen LogP contribution in [0.1, 0.15) is 63.7 Å². The van der Waals surface area contributed by atoms with Crippen LogP contribution in [0.4, 0.5) is 8.78 Å². The summed E-state index contributed by atoms with van der Waals surface area (Å²) in [6.07, 6.45) is -0.199. The van der Waals surface area contributed by atoms with Crippen molar-refractivity contribution in [2.45, 2.75) is 59.2 Å². The Morgan fingerprint density at radius 3 is 2.22 bits per heavy atom. The van der Waals surface area contributed by atoms with E-state index >= 15 is 0 Å². The Labute approximate surface area is 240 Å². The molecule has 0 aliphatic heterocycles. The summed E-state index contributed by atoms with van der Waals surface area (Å²) in [6.45, 7) is 8.67. The number of hydrogen-bond donors (Lipinski definition) is 4. The lowest BCUT2D eigenvalue weighted by atomic mass is 9.99. The van der Waals surface area contributed by atoms with Crippen LogP contribution in [-0.4, -0.2) is 42.2 Å². The number of benzene rings is 3. The van der Waals surface area contributed by atoms with Gasteiger partial charge in [0.2, 0.25) is 0 Å². The number of aliphatic hydroxyl groups is 1. The van der Waals surface area contributed by atoms with Gasteiger partial charge in [-0.3, -0.25) is 14.4 Å². The van der Waals surface area contributed by atoms with E-state index in [9.17, 15) is 23.5 Å². The normalized spacial score (nSPS) is 12.7. The van der Waals surface area contributed by atoms with Gasteiger partial charge >= 0.3 is 0 Å². The molecule has 0 unspecified atom stereocenters. The lowest BCUT2D eigenvalue weighted by Gasteiger charge is -2.25. The first kappa shape index (κ1) is 31.9. The first-order valence-corrected chi connectivity index (χ1v) is 13.8. The average molecular weight is 568 g/mol. The number of hydroxylamine groups is 1. The van der Waals surface area contributed by atoms with Crippen molar-refractivity contribution in [2.75, 3.05) is 13.2 Å². The molecule has 4 N–H and O–H groups in total. The van der Waals surface area contributed by atoms with Gasteiger partial charge in [-0.05, 0) is 78.3 Å². The molecule has 0 radical (unpaired) electrons. The lowest BCUT2D eigenvalue weighted by Crippen LogP contribution is -2.48. The zero-order valence-electron chi connectivity index (χ0n) is 24.0. The highest BCUT2D eigenvalue weighted by Gasteiger charge is 2.24. The van der Waals surface area contributed by atoms with Crippen molar-refractivity contribution in [1.82, 2.24) is 16.1 Å². The highest BCUT2D eigenvalue weighted by Crippen LogP contribution is 2.15. The average Bonchev–Trinajstić information content (AvgIpc) is 2.91. The number of halogens is 2. The molecule has 0 saturated heterocycles. The molecule has 2 amide bonds. The summed E-state index contributed by atoms with van der Waals surface area (Å²) in [7, 11) is 0. The van der Waals surface area contributed by atoms with Crippen LogP contribution in [0.5, 0.6) is 0 Å². The van der Waals surface area contributed by atoms with Crippen molar-refractivity contribution >= 4 is 11.8 Å². The van der Waals surface area contributed by atoms with E-state index in [-0.39, 0.29) is 35.6 Å². The minimum absolute atomic E-state index is 0.0171. The van der Waals surface area contributed by atoms with E-state index < -0.39 is 35.6 Å². The smallest absolute Gasteiger partial charge is 0.274 e. The van der Waals surface area contributed by atoms with Gasteiger partial charge in [-0.1, -0.05) is 45.0 Å². The van der Waals surface area contributed by atoms with Gasteiger partial charge < -0.3 is 15.7 Å². The van der Waals surface area contributed by atoms with Gasteiger partial charge in [0.1, 0.15) is 11.6 Å². The second-order valence-corrected chi connectivity index (χ2v) is 10.7. The predicted octanol–water partition coefficient (Wildman–Crippen LogP) is 4.64. The highest BCUT2D eigenvalue weighted by molar-refractivity contribution is 5.99. The summed E-state index contributed by atoms with van der Waals surface area (Å²) in [6, 6.07) is 15.0. The van der Waals surface area contributed by atoms with E-state index in [1.807, 2.05) is 32.0 Å². The summed E-state index contributed by atoms with van der Waals surface area (Å²) in [5.74, 6) is -2.31. The number of rotatable bonds is 14. The Morgan fingerprint density at radius 1 is 0.902 bits per heavy atom. The summed E-state index contributed by atoms with van der Waals surface area (Å²) < 4.78 is 27.8. The van der Waals surface area contributed by atoms with Crippen molar-refractivity contribution in [3.63, 3.8) is 0 Å². The number of hydrogen-bond acceptors (Lipinski definition) is 5. The summed E-state index contributed by atoms with van der Waals surface area (Å²) in [5.41, 5.74) is 6.02. The van der Waals surface area contributed by atoms with E-state index in [0.717, 1.165) is 18.1 Å². The van der Waals surface area contributed by atoms with Gasteiger partial charge in [0, 0.05) is 30.3 Å². The molecule has 0 fully saturated rings. The highest BCUT2D eigenvalue weighted by atomic mass is 19.1. The molecule has 220 valence electrons. The fourth-order valence-corrected chi connectivity index (χ4v) is 4.36. The van der Waals surface area contributed by atoms with Gasteiger partial charge in [0.05, 0.1) is 18.8 Å². The maximum atomic E-state index is 13.9. The topological polar surface area (TPSA) is 99.7 Å². The van der Waals surface area contributed by atoms with E-state index in [1.165, 1.54) is 23.8 Å². The fraction of sp³-hybridized carbons (Fsp3) is 0.375. The Balaban J connectivity index is 1.75. The Morgan fingerprint density at radius 2 is 1.56 bits per heavy atom. The maximum absolute atomic E-state index is 13.9. The van der Waals surface area contributed by atoms with E-state index in [2.05, 4.69) is 29.1 Å².